The van der Waals surface area contributed by atoms with Gasteiger partial charge in [0.2, 0.25) is 5.91 Å². The van der Waals surface area contributed by atoms with Crippen molar-refractivity contribution in [3.05, 3.63) is 0 Å². The van der Waals surface area contributed by atoms with Crippen LogP contribution in [-0.4, -0.2) is 42.1 Å². The third-order valence-corrected chi connectivity index (χ3v) is 3.19. The number of nitrogens with one attached hydrogen (secondary N) is 1. The lowest BCUT2D eigenvalue weighted by atomic mass is 10.0. The summed E-state index contributed by atoms with van der Waals surface area (Å²) in [5.74, 6) is -0.137. The highest BCUT2D eigenvalue weighted by Gasteiger charge is 2.25. The zero-order valence-corrected chi connectivity index (χ0v) is 13.0. The van der Waals surface area contributed by atoms with Crippen molar-refractivity contribution in [2.24, 2.45) is 0 Å². The van der Waals surface area contributed by atoms with Gasteiger partial charge in [-0.25, -0.2) is 4.79 Å². The first-order valence-corrected chi connectivity index (χ1v) is 7.63. The maximum atomic E-state index is 11.5. The Hall–Kier alpha value is -1.26. The summed E-state index contributed by atoms with van der Waals surface area (Å²) in [5, 5.41) is 2.64. The molecule has 5 heteroatoms. The van der Waals surface area contributed by atoms with E-state index >= 15 is 0 Å². The molecule has 1 saturated heterocycles. The maximum absolute atomic E-state index is 11.5. The highest BCUT2D eigenvalue weighted by atomic mass is 16.6. The van der Waals surface area contributed by atoms with Gasteiger partial charge in [0, 0.05) is 14.5 Å². The fraction of sp³-hybridized carbons (Fsp3) is 0.867. The van der Waals surface area contributed by atoms with Crippen molar-refractivity contribution in [1.29, 1.82) is 0 Å². The van der Waals surface area contributed by atoms with E-state index in [-0.39, 0.29) is 13.9 Å². The summed E-state index contributed by atoms with van der Waals surface area (Å²) in [4.78, 5) is 23.9. The molecule has 1 N–H and O–H groups in total. The number of ether oxygens (including phenoxy) is 1. The molecule has 0 spiro atoms. The molecule has 20 heavy (non-hydrogen) atoms. The molecule has 0 aromatic heterocycles. The molecule has 118 valence electrons. The molecular weight excluding hydrogens is 256 g/mol. The van der Waals surface area contributed by atoms with Crippen molar-refractivity contribution >= 4 is 12.0 Å². The molecule has 0 aromatic rings. The molecule has 0 aromatic carbocycles. The molecule has 2 fully saturated rings. The first-order valence-electron chi connectivity index (χ1n) is 7.63. The second-order valence-electron chi connectivity index (χ2n) is 6.37. The van der Waals surface area contributed by atoms with E-state index in [1.165, 1.54) is 43.4 Å². The highest BCUT2D eigenvalue weighted by Crippen LogP contribution is 2.15. The Morgan fingerprint density at radius 3 is 2.05 bits per heavy atom. The summed E-state index contributed by atoms with van der Waals surface area (Å²) < 4.78 is 5.13. The number of nitrogens with zero attached hydrogens (tertiary/aromatic N) is 1. The van der Waals surface area contributed by atoms with E-state index in [0.29, 0.717) is 13.1 Å². The quantitative estimate of drug-likeness (QED) is 0.745. The van der Waals surface area contributed by atoms with Gasteiger partial charge in [-0.3, -0.25) is 9.69 Å². The minimum absolute atomic E-state index is 0. The van der Waals surface area contributed by atoms with Crippen LogP contribution >= 0.6 is 0 Å². The summed E-state index contributed by atoms with van der Waals surface area (Å²) in [6.07, 6.45) is 8.58. The highest BCUT2D eigenvalue weighted by molar-refractivity contribution is 5.83. The third kappa shape index (κ3) is 7.36. The molecule has 0 radical (unpaired) electrons. The molecule has 0 atom stereocenters. The van der Waals surface area contributed by atoms with Gasteiger partial charge in [-0.1, -0.05) is 38.5 Å². The number of carbonyl (C=O) groups excluding carboxylic acids is 2. The summed E-state index contributed by atoms with van der Waals surface area (Å²) in [6.45, 7) is 6.51. The monoisotopic (exact) mass is 286 g/mol. The van der Waals surface area contributed by atoms with Crippen LogP contribution < -0.4 is 5.32 Å². The van der Waals surface area contributed by atoms with Crippen LogP contribution in [0.5, 0.6) is 0 Å². The predicted octanol–water partition coefficient (Wildman–Crippen LogP) is 2.94. The van der Waals surface area contributed by atoms with E-state index in [4.69, 9.17) is 4.74 Å². The standard InChI is InChI=1S/C9H16N2O3.C6H12.H2/c1-9(2,3)14-8(13)11-5-4-10-7(12)6-11;1-2-4-6-5-3-1;/h4-6H2,1-3H3,(H,10,12);1-6H2;1H. The molecule has 2 aliphatic rings. The smallest absolute Gasteiger partial charge is 0.410 e. The minimum Gasteiger partial charge on any atom is -0.444 e. The molecule has 2 rings (SSSR count). The van der Waals surface area contributed by atoms with Crippen molar-refractivity contribution < 1.29 is 15.8 Å². The lowest BCUT2D eigenvalue weighted by Gasteiger charge is -2.29. The zero-order chi connectivity index (χ0) is 15.0. The van der Waals surface area contributed by atoms with Gasteiger partial charge in [-0.2, -0.15) is 0 Å². The van der Waals surface area contributed by atoms with Crippen LogP contribution in [0.1, 0.15) is 60.7 Å². The lowest BCUT2D eigenvalue weighted by Crippen LogP contribution is -2.51. The van der Waals surface area contributed by atoms with Crippen molar-refractivity contribution in [1.82, 2.24) is 10.2 Å². The Balaban J connectivity index is 0.000000480. The van der Waals surface area contributed by atoms with Crippen molar-refractivity contribution in [2.45, 2.75) is 64.9 Å². The Morgan fingerprint density at radius 2 is 1.65 bits per heavy atom. The van der Waals surface area contributed by atoms with Crippen LogP contribution in [0, 0.1) is 0 Å². The van der Waals surface area contributed by atoms with Gasteiger partial charge in [0.05, 0.1) is 0 Å². The number of rotatable bonds is 0. The first kappa shape index (κ1) is 16.8. The van der Waals surface area contributed by atoms with Crippen LogP contribution in [0.3, 0.4) is 0 Å². The van der Waals surface area contributed by atoms with E-state index in [9.17, 15) is 9.59 Å². The molecular formula is C15H30N2O3. The molecule has 1 saturated carbocycles. The Morgan fingerprint density at radius 1 is 1.15 bits per heavy atom. The van der Waals surface area contributed by atoms with Crippen LogP contribution in [0.4, 0.5) is 4.79 Å². The van der Waals surface area contributed by atoms with Crippen LogP contribution in [0.25, 0.3) is 0 Å². The number of piperazine rings is 1. The van der Waals surface area contributed by atoms with Crippen molar-refractivity contribution in [3.63, 3.8) is 0 Å². The van der Waals surface area contributed by atoms with E-state index < -0.39 is 11.7 Å². The van der Waals surface area contributed by atoms with Gasteiger partial charge in [-0.15, -0.1) is 0 Å². The SMILES string of the molecule is C1CCCCC1.CC(C)(C)OC(=O)N1CCNC(=O)C1.[HH]. The fourth-order valence-corrected chi connectivity index (χ4v) is 2.18. The molecule has 0 unspecified atom stereocenters. The van der Waals surface area contributed by atoms with E-state index in [0.717, 1.165) is 0 Å². The molecule has 1 aliphatic carbocycles. The van der Waals surface area contributed by atoms with Gasteiger partial charge < -0.3 is 10.1 Å². The number of amides is 2. The second kappa shape index (κ2) is 8.12. The summed E-state index contributed by atoms with van der Waals surface area (Å²) in [6, 6.07) is 0. The molecule has 5 nitrogen and oxygen atoms in total. The molecule has 1 heterocycles. The van der Waals surface area contributed by atoms with Gasteiger partial charge in [0.25, 0.3) is 0 Å². The molecule has 2 amide bonds. The van der Waals surface area contributed by atoms with Gasteiger partial charge in [-0.05, 0) is 20.8 Å². The van der Waals surface area contributed by atoms with Crippen molar-refractivity contribution in [2.75, 3.05) is 19.6 Å². The average molecular weight is 286 g/mol. The second-order valence-corrected chi connectivity index (χ2v) is 6.37. The molecule has 1 aliphatic heterocycles. The Labute approximate surface area is 123 Å². The topological polar surface area (TPSA) is 58.6 Å². The maximum Gasteiger partial charge on any atom is 0.410 e. The Kier molecular flexibility index (Phi) is 6.82. The Bertz CT molecular complexity index is 314. The van der Waals surface area contributed by atoms with Gasteiger partial charge >= 0.3 is 6.09 Å². The van der Waals surface area contributed by atoms with Crippen LogP contribution in [0.15, 0.2) is 0 Å². The lowest BCUT2D eigenvalue weighted by molar-refractivity contribution is -0.124. The fourth-order valence-electron chi connectivity index (χ4n) is 2.18. The normalized spacial score (nSPS) is 19.6. The van der Waals surface area contributed by atoms with E-state index in [1.54, 1.807) is 20.8 Å². The molecule has 0 bridgehead atoms. The van der Waals surface area contributed by atoms with E-state index in [2.05, 4.69) is 5.32 Å². The number of carbonyl (C=O) groups is 2. The zero-order valence-electron chi connectivity index (χ0n) is 13.0. The minimum atomic E-state index is -0.509. The van der Waals surface area contributed by atoms with E-state index in [1.807, 2.05) is 0 Å². The van der Waals surface area contributed by atoms with Gasteiger partial charge in [0.1, 0.15) is 12.1 Å². The third-order valence-electron chi connectivity index (χ3n) is 3.19. The van der Waals surface area contributed by atoms with Gasteiger partial charge in [0.15, 0.2) is 0 Å². The summed E-state index contributed by atoms with van der Waals surface area (Å²) in [5.41, 5.74) is -0.509. The first-order chi connectivity index (χ1) is 9.38. The average Bonchev–Trinajstić information content (AvgIpc) is 2.39. The van der Waals surface area contributed by atoms with Crippen LogP contribution in [0.2, 0.25) is 0 Å². The van der Waals surface area contributed by atoms with Crippen LogP contribution in [-0.2, 0) is 9.53 Å². The largest absolute Gasteiger partial charge is 0.444 e. The number of hydrogen-bond donors (Lipinski definition) is 1. The summed E-state index contributed by atoms with van der Waals surface area (Å²) >= 11 is 0. The number of hydrogen-bond acceptors (Lipinski definition) is 3. The predicted molar refractivity (Wildman–Crippen MR) is 80.6 cm³/mol. The summed E-state index contributed by atoms with van der Waals surface area (Å²) in [7, 11) is 0. The van der Waals surface area contributed by atoms with Crippen molar-refractivity contribution in [3.8, 4) is 0 Å².